The van der Waals surface area contributed by atoms with Gasteiger partial charge in [-0.25, -0.2) is 4.68 Å². The number of nitrogens with zero attached hydrogens (tertiary/aromatic N) is 2. The second-order valence-electron chi connectivity index (χ2n) is 4.86. The van der Waals surface area contributed by atoms with E-state index < -0.39 is 0 Å². The number of nitrogens with one attached hydrogen (secondary N) is 1. The summed E-state index contributed by atoms with van der Waals surface area (Å²) in [6.07, 6.45) is 1.88. The van der Waals surface area contributed by atoms with Crippen molar-refractivity contribution in [2.24, 2.45) is 5.92 Å². The molecule has 0 spiro atoms. The molecule has 94 valence electrons. The van der Waals surface area contributed by atoms with Crippen LogP contribution in [0.1, 0.15) is 32.3 Å². The van der Waals surface area contributed by atoms with E-state index >= 15 is 0 Å². The third-order valence-corrected chi connectivity index (χ3v) is 2.97. The molecule has 17 heavy (non-hydrogen) atoms. The summed E-state index contributed by atoms with van der Waals surface area (Å²) in [4.78, 5) is 10.9. The van der Waals surface area contributed by atoms with Crippen molar-refractivity contribution in [1.82, 2.24) is 15.1 Å². The minimum Gasteiger partial charge on any atom is -0.477 e. The average molecular weight is 237 g/mol. The molecule has 0 saturated carbocycles. The zero-order valence-corrected chi connectivity index (χ0v) is 10.6. The van der Waals surface area contributed by atoms with Crippen molar-refractivity contribution in [1.29, 1.82) is 0 Å². The summed E-state index contributed by atoms with van der Waals surface area (Å²) < 4.78 is 7.64. The van der Waals surface area contributed by atoms with Crippen LogP contribution in [0.15, 0.2) is 6.20 Å². The van der Waals surface area contributed by atoms with E-state index in [1.807, 2.05) is 10.9 Å². The Labute approximate surface area is 101 Å². The standard InChI is InChI=1S/C12H19N3O2/c1-8(2)11-5-14-15-6-10(4-13-9(3)16)7-17-12(11)15/h5,8,10H,4,6-7H2,1-3H3,(H,13,16)/t10-/m1/s1. The molecule has 1 aromatic rings. The highest BCUT2D eigenvalue weighted by Gasteiger charge is 2.24. The van der Waals surface area contributed by atoms with Gasteiger partial charge in [-0.1, -0.05) is 13.8 Å². The maximum atomic E-state index is 10.9. The second kappa shape index (κ2) is 4.77. The maximum absolute atomic E-state index is 10.9. The van der Waals surface area contributed by atoms with Crippen molar-refractivity contribution >= 4 is 5.91 Å². The number of hydrogen-bond donors (Lipinski definition) is 1. The monoisotopic (exact) mass is 237 g/mol. The van der Waals surface area contributed by atoms with Crippen LogP contribution in [-0.4, -0.2) is 28.8 Å². The van der Waals surface area contributed by atoms with Crippen LogP contribution in [0.25, 0.3) is 0 Å². The zero-order valence-electron chi connectivity index (χ0n) is 10.6. The van der Waals surface area contributed by atoms with Crippen molar-refractivity contribution in [2.45, 2.75) is 33.2 Å². The van der Waals surface area contributed by atoms with E-state index in [-0.39, 0.29) is 5.91 Å². The molecule has 2 heterocycles. The van der Waals surface area contributed by atoms with Gasteiger partial charge in [-0.2, -0.15) is 5.10 Å². The molecule has 1 amide bonds. The number of ether oxygens (including phenoxy) is 1. The normalized spacial score (nSPS) is 18.7. The summed E-state index contributed by atoms with van der Waals surface area (Å²) in [7, 11) is 0. The Morgan fingerprint density at radius 1 is 1.71 bits per heavy atom. The lowest BCUT2D eigenvalue weighted by molar-refractivity contribution is -0.119. The topological polar surface area (TPSA) is 56.1 Å². The van der Waals surface area contributed by atoms with E-state index in [0.29, 0.717) is 25.0 Å². The number of aromatic nitrogens is 2. The van der Waals surface area contributed by atoms with Crippen LogP contribution < -0.4 is 10.1 Å². The average Bonchev–Trinajstić information content (AvgIpc) is 2.69. The Morgan fingerprint density at radius 2 is 2.47 bits per heavy atom. The quantitative estimate of drug-likeness (QED) is 0.858. The summed E-state index contributed by atoms with van der Waals surface area (Å²) >= 11 is 0. The number of amides is 1. The van der Waals surface area contributed by atoms with E-state index in [2.05, 4.69) is 24.3 Å². The lowest BCUT2D eigenvalue weighted by atomic mass is 10.1. The van der Waals surface area contributed by atoms with E-state index in [1.165, 1.54) is 6.92 Å². The van der Waals surface area contributed by atoms with Crippen LogP contribution in [0.4, 0.5) is 0 Å². The van der Waals surface area contributed by atoms with Crippen LogP contribution in [0.5, 0.6) is 5.88 Å². The van der Waals surface area contributed by atoms with Gasteiger partial charge in [-0.3, -0.25) is 4.79 Å². The predicted octanol–water partition coefficient (Wildman–Crippen LogP) is 1.15. The molecule has 1 aliphatic heterocycles. The Morgan fingerprint density at radius 3 is 3.12 bits per heavy atom. The molecule has 0 fully saturated rings. The van der Waals surface area contributed by atoms with Crippen LogP contribution in [-0.2, 0) is 11.3 Å². The van der Waals surface area contributed by atoms with Crippen molar-refractivity contribution in [3.05, 3.63) is 11.8 Å². The number of rotatable bonds is 3. The van der Waals surface area contributed by atoms with Crippen LogP contribution in [0.3, 0.4) is 0 Å². The molecular weight excluding hydrogens is 218 g/mol. The fourth-order valence-corrected chi connectivity index (χ4v) is 1.98. The molecule has 0 unspecified atom stereocenters. The third kappa shape index (κ3) is 2.60. The fourth-order valence-electron chi connectivity index (χ4n) is 1.98. The van der Waals surface area contributed by atoms with Crippen molar-refractivity contribution < 1.29 is 9.53 Å². The molecule has 2 rings (SSSR count). The number of fused-ring (bicyclic) bond motifs is 1. The SMILES string of the molecule is CC(=O)NC[C@H]1COc2c(C(C)C)cnn2C1. The molecule has 1 aliphatic rings. The highest BCUT2D eigenvalue weighted by Crippen LogP contribution is 2.29. The summed E-state index contributed by atoms with van der Waals surface area (Å²) in [5.74, 6) is 1.61. The van der Waals surface area contributed by atoms with E-state index in [0.717, 1.165) is 18.0 Å². The molecule has 1 aromatic heterocycles. The second-order valence-corrected chi connectivity index (χ2v) is 4.86. The molecule has 0 aromatic carbocycles. The van der Waals surface area contributed by atoms with Crippen molar-refractivity contribution in [3.8, 4) is 5.88 Å². The summed E-state index contributed by atoms with van der Waals surface area (Å²) in [6, 6.07) is 0. The predicted molar refractivity (Wildman–Crippen MR) is 64.0 cm³/mol. The van der Waals surface area contributed by atoms with Gasteiger partial charge in [-0.15, -0.1) is 0 Å². The number of carbonyl (C=O) groups excluding carboxylic acids is 1. The maximum Gasteiger partial charge on any atom is 0.216 e. The van der Waals surface area contributed by atoms with Crippen LogP contribution in [0.2, 0.25) is 0 Å². The van der Waals surface area contributed by atoms with Crippen LogP contribution in [0, 0.1) is 5.92 Å². The molecule has 0 bridgehead atoms. The van der Waals surface area contributed by atoms with Crippen LogP contribution >= 0.6 is 0 Å². The zero-order chi connectivity index (χ0) is 12.4. The molecule has 1 atom stereocenters. The highest BCUT2D eigenvalue weighted by molar-refractivity contribution is 5.72. The van der Waals surface area contributed by atoms with Gasteiger partial charge in [-0.05, 0) is 5.92 Å². The van der Waals surface area contributed by atoms with Gasteiger partial charge in [0.25, 0.3) is 0 Å². The molecule has 0 saturated heterocycles. The van der Waals surface area contributed by atoms with Gasteiger partial charge in [0, 0.05) is 24.9 Å². The van der Waals surface area contributed by atoms with Crippen molar-refractivity contribution in [2.75, 3.05) is 13.2 Å². The first kappa shape index (κ1) is 12.0. The summed E-state index contributed by atoms with van der Waals surface area (Å²) in [6.45, 7) is 7.88. The number of carbonyl (C=O) groups is 1. The first-order chi connectivity index (χ1) is 8.08. The molecular formula is C12H19N3O2. The Kier molecular flexibility index (Phi) is 3.36. The van der Waals surface area contributed by atoms with E-state index in [9.17, 15) is 4.79 Å². The minimum atomic E-state index is -0.000804. The largest absolute Gasteiger partial charge is 0.477 e. The smallest absolute Gasteiger partial charge is 0.216 e. The van der Waals surface area contributed by atoms with Gasteiger partial charge in [0.1, 0.15) is 0 Å². The van der Waals surface area contributed by atoms with Gasteiger partial charge in [0.2, 0.25) is 11.8 Å². The van der Waals surface area contributed by atoms with Gasteiger partial charge in [0.15, 0.2) is 0 Å². The minimum absolute atomic E-state index is 0.000804. The molecule has 0 radical (unpaired) electrons. The summed E-state index contributed by atoms with van der Waals surface area (Å²) in [5, 5.41) is 7.15. The highest BCUT2D eigenvalue weighted by atomic mass is 16.5. The Balaban J connectivity index is 2.02. The van der Waals surface area contributed by atoms with Gasteiger partial charge < -0.3 is 10.1 Å². The lowest BCUT2D eigenvalue weighted by Crippen LogP contribution is -2.36. The van der Waals surface area contributed by atoms with E-state index in [4.69, 9.17) is 4.74 Å². The molecule has 0 aliphatic carbocycles. The molecule has 1 N–H and O–H groups in total. The molecule has 5 heteroatoms. The summed E-state index contributed by atoms with van der Waals surface area (Å²) in [5.41, 5.74) is 1.16. The van der Waals surface area contributed by atoms with Crippen molar-refractivity contribution in [3.63, 3.8) is 0 Å². The number of hydrogen-bond acceptors (Lipinski definition) is 3. The first-order valence-electron chi connectivity index (χ1n) is 6.01. The van der Waals surface area contributed by atoms with Gasteiger partial charge in [0.05, 0.1) is 19.3 Å². The Bertz CT molecular complexity index is 412. The first-order valence-corrected chi connectivity index (χ1v) is 6.01. The molecule has 5 nitrogen and oxygen atoms in total. The lowest BCUT2D eigenvalue weighted by Gasteiger charge is -2.25. The van der Waals surface area contributed by atoms with Gasteiger partial charge >= 0.3 is 0 Å². The van der Waals surface area contributed by atoms with E-state index in [1.54, 1.807) is 0 Å². The third-order valence-electron chi connectivity index (χ3n) is 2.97. The Hall–Kier alpha value is -1.52. The fraction of sp³-hybridized carbons (Fsp3) is 0.667.